The highest BCUT2D eigenvalue weighted by molar-refractivity contribution is 5.40. The van der Waals surface area contributed by atoms with E-state index in [-0.39, 0.29) is 6.10 Å². The van der Waals surface area contributed by atoms with Gasteiger partial charge in [0, 0.05) is 44.4 Å². The first-order valence-corrected chi connectivity index (χ1v) is 8.55. The quantitative estimate of drug-likeness (QED) is 0.829. The molecule has 1 saturated carbocycles. The van der Waals surface area contributed by atoms with E-state index in [0.717, 1.165) is 36.8 Å². The molecule has 2 fully saturated rings. The molecule has 7 heteroatoms. The van der Waals surface area contributed by atoms with Crippen LogP contribution in [0.3, 0.4) is 0 Å². The van der Waals surface area contributed by atoms with Gasteiger partial charge < -0.3 is 19.5 Å². The first-order valence-electron chi connectivity index (χ1n) is 8.55. The molecule has 2 aromatic heterocycles. The van der Waals surface area contributed by atoms with Crippen LogP contribution in [0.2, 0.25) is 0 Å². The van der Waals surface area contributed by atoms with Crippen molar-refractivity contribution in [2.45, 2.75) is 43.9 Å². The van der Waals surface area contributed by atoms with Gasteiger partial charge in [0.25, 0.3) is 0 Å². The SMILES string of the molecule is CO[C@@H]1C[C@H](CNCc2cc(C3CC3)no2)N(c2ccncn2)C1. The van der Waals surface area contributed by atoms with E-state index in [2.05, 4.69) is 31.4 Å². The Morgan fingerprint density at radius 1 is 1.42 bits per heavy atom. The second-order valence-electron chi connectivity index (χ2n) is 6.59. The number of nitrogens with one attached hydrogen (secondary N) is 1. The molecule has 0 unspecified atom stereocenters. The zero-order chi connectivity index (χ0) is 16.4. The highest BCUT2D eigenvalue weighted by Gasteiger charge is 2.33. The summed E-state index contributed by atoms with van der Waals surface area (Å²) in [5, 5.41) is 7.64. The van der Waals surface area contributed by atoms with Gasteiger partial charge in [-0.2, -0.15) is 0 Å². The fourth-order valence-corrected chi connectivity index (χ4v) is 3.32. The predicted molar refractivity (Wildman–Crippen MR) is 88.8 cm³/mol. The zero-order valence-corrected chi connectivity index (χ0v) is 13.9. The van der Waals surface area contributed by atoms with Gasteiger partial charge in [-0.25, -0.2) is 9.97 Å². The van der Waals surface area contributed by atoms with Crippen molar-refractivity contribution >= 4 is 5.82 Å². The average Bonchev–Trinajstić information content (AvgIpc) is 3.22. The molecule has 2 atom stereocenters. The molecule has 1 aliphatic heterocycles. The normalized spacial score (nSPS) is 23.8. The highest BCUT2D eigenvalue weighted by Crippen LogP contribution is 2.39. The molecule has 0 spiro atoms. The van der Waals surface area contributed by atoms with Gasteiger partial charge >= 0.3 is 0 Å². The van der Waals surface area contributed by atoms with Crippen LogP contribution in [0, 0.1) is 0 Å². The maximum absolute atomic E-state index is 5.55. The lowest BCUT2D eigenvalue weighted by molar-refractivity contribution is 0.118. The monoisotopic (exact) mass is 329 g/mol. The lowest BCUT2D eigenvalue weighted by Gasteiger charge is -2.25. The van der Waals surface area contributed by atoms with Crippen LogP contribution in [-0.4, -0.2) is 47.5 Å². The van der Waals surface area contributed by atoms with Crippen LogP contribution in [0.25, 0.3) is 0 Å². The van der Waals surface area contributed by atoms with Crippen molar-refractivity contribution in [1.29, 1.82) is 0 Å². The first-order chi connectivity index (χ1) is 11.8. The Morgan fingerprint density at radius 2 is 2.33 bits per heavy atom. The van der Waals surface area contributed by atoms with Crippen molar-refractivity contribution in [3.63, 3.8) is 0 Å². The van der Waals surface area contributed by atoms with Gasteiger partial charge in [0.1, 0.15) is 12.1 Å². The molecule has 4 rings (SSSR count). The Kier molecular flexibility index (Phi) is 4.44. The molecule has 1 N–H and O–H groups in total. The number of rotatable bonds is 7. The number of ether oxygens (including phenoxy) is 1. The molecule has 2 aromatic rings. The van der Waals surface area contributed by atoms with Crippen molar-refractivity contribution in [3.8, 4) is 0 Å². The van der Waals surface area contributed by atoms with Gasteiger partial charge in [0.2, 0.25) is 0 Å². The van der Waals surface area contributed by atoms with E-state index in [9.17, 15) is 0 Å². The molecule has 0 bridgehead atoms. The predicted octanol–water partition coefficient (Wildman–Crippen LogP) is 1.73. The van der Waals surface area contributed by atoms with Crippen LogP contribution in [0.4, 0.5) is 5.82 Å². The maximum atomic E-state index is 5.55. The van der Waals surface area contributed by atoms with E-state index in [1.807, 2.05) is 6.07 Å². The molecule has 24 heavy (non-hydrogen) atoms. The van der Waals surface area contributed by atoms with Crippen LogP contribution in [-0.2, 0) is 11.3 Å². The van der Waals surface area contributed by atoms with E-state index >= 15 is 0 Å². The number of anilines is 1. The van der Waals surface area contributed by atoms with E-state index in [1.165, 1.54) is 12.8 Å². The van der Waals surface area contributed by atoms with Crippen molar-refractivity contribution in [2.24, 2.45) is 0 Å². The molecule has 0 amide bonds. The topological polar surface area (TPSA) is 76.3 Å². The number of aromatic nitrogens is 3. The Labute approximate surface area is 141 Å². The molecule has 7 nitrogen and oxygen atoms in total. The molecule has 2 aliphatic rings. The smallest absolute Gasteiger partial charge is 0.150 e. The van der Waals surface area contributed by atoms with Crippen LogP contribution in [0.1, 0.15) is 36.6 Å². The summed E-state index contributed by atoms with van der Waals surface area (Å²) in [5.41, 5.74) is 1.11. The summed E-state index contributed by atoms with van der Waals surface area (Å²) < 4.78 is 11.0. The number of hydrogen-bond donors (Lipinski definition) is 1. The lowest BCUT2D eigenvalue weighted by atomic mass is 10.2. The Hall–Kier alpha value is -1.99. The third-order valence-corrected chi connectivity index (χ3v) is 4.82. The third-order valence-electron chi connectivity index (χ3n) is 4.82. The van der Waals surface area contributed by atoms with E-state index in [1.54, 1.807) is 19.6 Å². The molecule has 0 radical (unpaired) electrons. The fraction of sp³-hybridized carbons (Fsp3) is 0.588. The Balaban J connectivity index is 1.34. The van der Waals surface area contributed by atoms with Gasteiger partial charge in [0.15, 0.2) is 5.76 Å². The minimum Gasteiger partial charge on any atom is -0.380 e. The number of nitrogens with zero attached hydrogens (tertiary/aromatic N) is 4. The van der Waals surface area contributed by atoms with Crippen molar-refractivity contribution in [2.75, 3.05) is 25.1 Å². The van der Waals surface area contributed by atoms with Crippen molar-refractivity contribution in [3.05, 3.63) is 36.1 Å². The second kappa shape index (κ2) is 6.86. The highest BCUT2D eigenvalue weighted by atomic mass is 16.5. The van der Waals surface area contributed by atoms with Crippen molar-refractivity contribution in [1.82, 2.24) is 20.4 Å². The maximum Gasteiger partial charge on any atom is 0.150 e. The summed E-state index contributed by atoms with van der Waals surface area (Å²) >= 11 is 0. The first kappa shape index (κ1) is 15.5. The summed E-state index contributed by atoms with van der Waals surface area (Å²) in [7, 11) is 1.77. The Bertz CT molecular complexity index is 658. The van der Waals surface area contributed by atoms with Gasteiger partial charge in [-0.05, 0) is 25.3 Å². The second-order valence-corrected chi connectivity index (χ2v) is 6.59. The third kappa shape index (κ3) is 3.42. The van der Waals surface area contributed by atoms with Crippen LogP contribution in [0.15, 0.2) is 29.2 Å². The minimum absolute atomic E-state index is 0.235. The van der Waals surface area contributed by atoms with Crippen molar-refractivity contribution < 1.29 is 9.26 Å². The van der Waals surface area contributed by atoms with E-state index in [0.29, 0.717) is 18.5 Å². The van der Waals surface area contributed by atoms with Gasteiger partial charge in [-0.1, -0.05) is 5.16 Å². The Morgan fingerprint density at radius 3 is 3.08 bits per heavy atom. The van der Waals surface area contributed by atoms with E-state index in [4.69, 9.17) is 9.26 Å². The van der Waals surface area contributed by atoms with Gasteiger partial charge in [-0.3, -0.25) is 0 Å². The van der Waals surface area contributed by atoms with Crippen LogP contribution < -0.4 is 10.2 Å². The molecule has 1 saturated heterocycles. The summed E-state index contributed by atoms with van der Waals surface area (Å²) in [5.74, 6) is 2.49. The van der Waals surface area contributed by atoms with Crippen LogP contribution >= 0.6 is 0 Å². The molecule has 3 heterocycles. The fourth-order valence-electron chi connectivity index (χ4n) is 3.32. The van der Waals surface area contributed by atoms with E-state index < -0.39 is 0 Å². The molecular weight excluding hydrogens is 306 g/mol. The summed E-state index contributed by atoms with van der Waals surface area (Å²) in [6, 6.07) is 4.37. The zero-order valence-electron chi connectivity index (χ0n) is 13.9. The molecule has 128 valence electrons. The largest absolute Gasteiger partial charge is 0.380 e. The van der Waals surface area contributed by atoms with Crippen LogP contribution in [0.5, 0.6) is 0 Å². The average molecular weight is 329 g/mol. The molecule has 0 aromatic carbocycles. The van der Waals surface area contributed by atoms with Gasteiger partial charge in [0.05, 0.1) is 18.3 Å². The lowest BCUT2D eigenvalue weighted by Crippen LogP contribution is -2.38. The molecular formula is C17H23N5O2. The summed E-state index contributed by atoms with van der Waals surface area (Å²) in [4.78, 5) is 10.7. The number of methoxy groups -OCH3 is 1. The number of hydrogen-bond acceptors (Lipinski definition) is 7. The summed E-state index contributed by atoms with van der Waals surface area (Å²) in [6.07, 6.45) is 7.08. The van der Waals surface area contributed by atoms with Gasteiger partial charge in [-0.15, -0.1) is 0 Å². The standard InChI is InChI=1S/C17H23N5O2/c1-23-15-6-13(22(10-15)17-4-5-18-11-20-17)8-19-9-14-7-16(21-24-14)12-2-3-12/h4-5,7,11-13,15,19H,2-3,6,8-10H2,1H3/t13-,15-/m1/s1. The minimum atomic E-state index is 0.235. The molecule has 1 aliphatic carbocycles. The summed E-state index contributed by atoms with van der Waals surface area (Å²) in [6.45, 7) is 2.41.